The Morgan fingerprint density at radius 1 is 1.24 bits per heavy atom. The Balaban J connectivity index is 2.64. The molecule has 0 saturated carbocycles. The third kappa shape index (κ3) is 3.18. The molecule has 0 saturated heterocycles. The second-order valence-corrected chi connectivity index (χ2v) is 7.33. The van der Waals surface area contributed by atoms with Gasteiger partial charge in [-0.1, -0.05) is 17.7 Å². The van der Waals surface area contributed by atoms with Crippen molar-refractivity contribution in [2.45, 2.75) is 31.7 Å². The van der Waals surface area contributed by atoms with Crippen molar-refractivity contribution < 1.29 is 8.42 Å². The standard InChI is InChI=1S/C14H20N4O2S/c1-9(2)16-14-12(21(4,19)20)13(15)18(17-14)11-7-5-10(3)6-8-11/h5-9H,15H2,1-4H3,(H,16,17). The van der Waals surface area contributed by atoms with Crippen molar-refractivity contribution in [2.24, 2.45) is 0 Å². The molecule has 0 aliphatic rings. The Labute approximate surface area is 124 Å². The SMILES string of the molecule is Cc1ccc(-n2nc(NC(C)C)c(S(C)(=O)=O)c2N)cc1. The maximum atomic E-state index is 12.0. The van der Waals surface area contributed by atoms with Gasteiger partial charge in [-0.2, -0.15) is 0 Å². The van der Waals surface area contributed by atoms with E-state index in [0.717, 1.165) is 17.5 Å². The summed E-state index contributed by atoms with van der Waals surface area (Å²) >= 11 is 0. The molecule has 21 heavy (non-hydrogen) atoms. The number of benzene rings is 1. The minimum absolute atomic E-state index is 0.0387. The molecule has 0 fully saturated rings. The average molecular weight is 308 g/mol. The van der Waals surface area contributed by atoms with Crippen LogP contribution in [0, 0.1) is 6.92 Å². The first kappa shape index (κ1) is 15.4. The van der Waals surface area contributed by atoms with Crippen molar-refractivity contribution >= 4 is 21.5 Å². The monoisotopic (exact) mass is 308 g/mol. The van der Waals surface area contributed by atoms with Crippen LogP contribution in [0.1, 0.15) is 19.4 Å². The van der Waals surface area contributed by atoms with Crippen LogP contribution in [0.5, 0.6) is 0 Å². The van der Waals surface area contributed by atoms with Gasteiger partial charge >= 0.3 is 0 Å². The van der Waals surface area contributed by atoms with Crippen molar-refractivity contribution in [1.82, 2.24) is 9.78 Å². The number of sulfone groups is 1. The second kappa shape index (κ2) is 5.40. The summed E-state index contributed by atoms with van der Waals surface area (Å²) in [6.07, 6.45) is 1.13. The second-order valence-electron chi connectivity index (χ2n) is 5.38. The summed E-state index contributed by atoms with van der Waals surface area (Å²) < 4.78 is 25.4. The minimum atomic E-state index is -3.48. The predicted molar refractivity (Wildman–Crippen MR) is 84.6 cm³/mol. The van der Waals surface area contributed by atoms with Gasteiger partial charge in [0.2, 0.25) is 0 Å². The van der Waals surface area contributed by atoms with Crippen LogP contribution in [0.15, 0.2) is 29.2 Å². The summed E-state index contributed by atoms with van der Waals surface area (Å²) in [7, 11) is -3.48. The van der Waals surface area contributed by atoms with Crippen LogP contribution in [0.3, 0.4) is 0 Å². The van der Waals surface area contributed by atoms with E-state index >= 15 is 0 Å². The summed E-state index contributed by atoms with van der Waals surface area (Å²) in [5.74, 6) is 0.398. The normalized spacial score (nSPS) is 11.9. The number of nitrogen functional groups attached to an aromatic ring is 1. The lowest BCUT2D eigenvalue weighted by atomic mass is 10.2. The van der Waals surface area contributed by atoms with Gasteiger partial charge in [0.05, 0.1) is 5.69 Å². The van der Waals surface area contributed by atoms with Crippen molar-refractivity contribution in [3.05, 3.63) is 29.8 Å². The van der Waals surface area contributed by atoms with Gasteiger partial charge in [-0.3, -0.25) is 0 Å². The lowest BCUT2D eigenvalue weighted by Crippen LogP contribution is -2.13. The Bertz CT molecular complexity index is 746. The molecule has 1 aromatic carbocycles. The summed E-state index contributed by atoms with van der Waals surface area (Å²) in [6, 6.07) is 7.60. The Hall–Kier alpha value is -2.02. The Morgan fingerprint density at radius 3 is 2.29 bits per heavy atom. The summed E-state index contributed by atoms with van der Waals surface area (Å²) in [4.78, 5) is 0.0387. The molecule has 0 aliphatic carbocycles. The van der Waals surface area contributed by atoms with E-state index in [0.29, 0.717) is 0 Å². The quantitative estimate of drug-likeness (QED) is 0.901. The van der Waals surface area contributed by atoms with E-state index in [9.17, 15) is 8.42 Å². The highest BCUT2D eigenvalue weighted by molar-refractivity contribution is 7.91. The van der Waals surface area contributed by atoms with Crippen molar-refractivity contribution in [1.29, 1.82) is 0 Å². The summed E-state index contributed by atoms with van der Waals surface area (Å²) in [6.45, 7) is 5.80. The van der Waals surface area contributed by atoms with Crippen LogP contribution in [-0.2, 0) is 9.84 Å². The third-order valence-electron chi connectivity index (χ3n) is 2.95. The number of hydrogen-bond donors (Lipinski definition) is 2. The molecule has 7 heteroatoms. The number of anilines is 2. The first-order valence-corrected chi connectivity index (χ1v) is 8.51. The van der Waals surface area contributed by atoms with Crippen LogP contribution in [0.4, 0.5) is 11.6 Å². The largest absolute Gasteiger partial charge is 0.382 e. The van der Waals surface area contributed by atoms with Gasteiger partial charge in [0.25, 0.3) is 0 Å². The molecule has 0 amide bonds. The zero-order valence-electron chi connectivity index (χ0n) is 12.6. The first-order chi connectivity index (χ1) is 9.70. The van der Waals surface area contributed by atoms with E-state index in [4.69, 9.17) is 5.73 Å². The van der Waals surface area contributed by atoms with E-state index < -0.39 is 9.84 Å². The van der Waals surface area contributed by atoms with Crippen molar-refractivity contribution in [3.63, 3.8) is 0 Å². The Morgan fingerprint density at radius 2 is 1.81 bits per heavy atom. The van der Waals surface area contributed by atoms with Gasteiger partial charge in [-0.25, -0.2) is 13.1 Å². The Kier molecular flexibility index (Phi) is 3.95. The molecule has 2 rings (SSSR count). The van der Waals surface area contributed by atoms with E-state index in [-0.39, 0.29) is 22.6 Å². The summed E-state index contributed by atoms with van der Waals surface area (Å²) in [5.41, 5.74) is 7.84. The van der Waals surface area contributed by atoms with Crippen molar-refractivity contribution in [3.8, 4) is 5.69 Å². The predicted octanol–water partition coefficient (Wildman–Crippen LogP) is 1.99. The fourth-order valence-corrected chi connectivity index (χ4v) is 2.95. The fraction of sp³-hybridized carbons (Fsp3) is 0.357. The number of aryl methyl sites for hydroxylation is 1. The molecule has 0 atom stereocenters. The summed E-state index contributed by atoms with van der Waals surface area (Å²) in [5, 5.41) is 7.35. The van der Waals surface area contributed by atoms with Crippen LogP contribution in [-0.4, -0.2) is 30.5 Å². The van der Waals surface area contributed by atoms with E-state index in [1.807, 2.05) is 45.0 Å². The van der Waals surface area contributed by atoms with Gasteiger partial charge in [-0.15, -0.1) is 5.10 Å². The maximum absolute atomic E-state index is 12.0. The molecule has 0 radical (unpaired) electrons. The zero-order chi connectivity index (χ0) is 15.8. The van der Waals surface area contributed by atoms with Gasteiger partial charge in [0.15, 0.2) is 20.6 Å². The van der Waals surface area contributed by atoms with Gasteiger partial charge in [0.1, 0.15) is 5.82 Å². The zero-order valence-corrected chi connectivity index (χ0v) is 13.4. The third-order valence-corrected chi connectivity index (χ3v) is 4.09. The van der Waals surface area contributed by atoms with Gasteiger partial charge < -0.3 is 11.1 Å². The van der Waals surface area contributed by atoms with Crippen LogP contribution < -0.4 is 11.1 Å². The number of hydrogen-bond acceptors (Lipinski definition) is 5. The van der Waals surface area contributed by atoms with Crippen LogP contribution >= 0.6 is 0 Å². The molecule has 6 nitrogen and oxygen atoms in total. The lowest BCUT2D eigenvalue weighted by Gasteiger charge is -2.07. The van der Waals surface area contributed by atoms with Crippen LogP contribution in [0.25, 0.3) is 5.69 Å². The highest BCUT2D eigenvalue weighted by Crippen LogP contribution is 2.29. The lowest BCUT2D eigenvalue weighted by molar-refractivity contribution is 0.602. The molecule has 1 aromatic heterocycles. The van der Waals surface area contributed by atoms with Crippen LogP contribution in [0.2, 0.25) is 0 Å². The van der Waals surface area contributed by atoms with Gasteiger partial charge in [-0.05, 0) is 32.9 Å². The topological polar surface area (TPSA) is 90.0 Å². The molecular formula is C14H20N4O2S. The fourth-order valence-electron chi connectivity index (χ4n) is 2.03. The molecule has 1 heterocycles. The molecule has 3 N–H and O–H groups in total. The van der Waals surface area contributed by atoms with Crippen molar-refractivity contribution in [2.75, 3.05) is 17.3 Å². The van der Waals surface area contributed by atoms with E-state index in [1.165, 1.54) is 4.68 Å². The molecular weight excluding hydrogens is 288 g/mol. The molecule has 0 spiro atoms. The number of nitrogens with one attached hydrogen (secondary N) is 1. The smallest absolute Gasteiger partial charge is 0.182 e. The maximum Gasteiger partial charge on any atom is 0.182 e. The number of nitrogens with zero attached hydrogens (tertiary/aromatic N) is 2. The number of nitrogens with two attached hydrogens (primary N) is 1. The van der Waals surface area contributed by atoms with E-state index in [2.05, 4.69) is 10.4 Å². The van der Waals surface area contributed by atoms with E-state index in [1.54, 1.807) is 0 Å². The number of aromatic nitrogens is 2. The highest BCUT2D eigenvalue weighted by atomic mass is 32.2. The number of rotatable bonds is 4. The highest BCUT2D eigenvalue weighted by Gasteiger charge is 2.25. The molecule has 0 aliphatic heterocycles. The molecule has 0 bridgehead atoms. The average Bonchev–Trinajstić information content (AvgIpc) is 2.66. The molecule has 2 aromatic rings. The minimum Gasteiger partial charge on any atom is -0.382 e. The first-order valence-electron chi connectivity index (χ1n) is 6.62. The van der Waals surface area contributed by atoms with Gasteiger partial charge in [0, 0.05) is 12.3 Å². The molecule has 0 unspecified atom stereocenters. The molecule has 114 valence electrons.